The fourth-order valence-electron chi connectivity index (χ4n) is 2.38. The third-order valence-electron chi connectivity index (χ3n) is 2.92. The summed E-state index contributed by atoms with van der Waals surface area (Å²) in [5.41, 5.74) is 0. The van der Waals surface area contributed by atoms with Gasteiger partial charge in [-0.15, -0.1) is 0 Å². The number of halogens is 1. The molecule has 3 saturated heterocycles. The molecule has 2 nitrogen and oxygen atoms in total. The first-order valence-electron chi connectivity index (χ1n) is 4.69. The molecule has 0 radical (unpaired) electrons. The molecular formula is C9H16FNO. The summed E-state index contributed by atoms with van der Waals surface area (Å²) in [6, 6.07) is 1.07. The molecule has 3 fully saturated rings. The Balaban J connectivity index is 2.06. The van der Waals surface area contributed by atoms with Gasteiger partial charge in [0.05, 0.1) is 13.2 Å². The zero-order chi connectivity index (χ0) is 8.72. The van der Waals surface area contributed by atoms with E-state index in [1.54, 1.807) is 0 Å². The summed E-state index contributed by atoms with van der Waals surface area (Å²) in [4.78, 5) is 2.25. The Bertz CT molecular complexity index is 174. The highest BCUT2D eigenvalue weighted by molar-refractivity contribution is 5.00. The first kappa shape index (κ1) is 8.45. The normalized spacial score (nSPS) is 42.5. The van der Waals surface area contributed by atoms with Crippen molar-refractivity contribution in [3.8, 4) is 0 Å². The summed E-state index contributed by atoms with van der Waals surface area (Å²) in [5.74, 6) is 0. The van der Waals surface area contributed by atoms with Crippen molar-refractivity contribution in [3.05, 3.63) is 0 Å². The smallest absolute Gasteiger partial charge is 0.139 e. The zero-order valence-electron chi connectivity index (χ0n) is 7.66. The number of nitrogens with zero attached hydrogens (tertiary/aromatic N) is 1. The molecule has 0 aromatic rings. The minimum atomic E-state index is -0.772. The van der Waals surface area contributed by atoms with Gasteiger partial charge in [-0.05, 0) is 20.3 Å². The van der Waals surface area contributed by atoms with Crippen LogP contribution in [0, 0.1) is 0 Å². The maximum Gasteiger partial charge on any atom is 0.139 e. The van der Waals surface area contributed by atoms with Gasteiger partial charge in [-0.3, -0.25) is 4.90 Å². The van der Waals surface area contributed by atoms with Crippen LogP contribution in [0.25, 0.3) is 0 Å². The van der Waals surface area contributed by atoms with Gasteiger partial charge in [-0.1, -0.05) is 0 Å². The Morgan fingerprint density at radius 2 is 2.17 bits per heavy atom. The van der Waals surface area contributed by atoms with E-state index >= 15 is 0 Å². The number of alkyl halides is 1. The summed E-state index contributed by atoms with van der Waals surface area (Å²) in [5, 5.41) is 0. The van der Waals surface area contributed by atoms with Crippen LogP contribution in [0.1, 0.15) is 20.3 Å². The number of ether oxygens (including phenoxy) is 1. The Kier molecular flexibility index (Phi) is 2.09. The van der Waals surface area contributed by atoms with Crippen LogP contribution in [-0.2, 0) is 4.74 Å². The van der Waals surface area contributed by atoms with Crippen molar-refractivity contribution in [3.63, 3.8) is 0 Å². The summed E-state index contributed by atoms with van der Waals surface area (Å²) >= 11 is 0. The van der Waals surface area contributed by atoms with E-state index in [0.717, 1.165) is 13.0 Å². The van der Waals surface area contributed by atoms with E-state index in [1.807, 2.05) is 0 Å². The van der Waals surface area contributed by atoms with Crippen LogP contribution in [-0.4, -0.2) is 42.4 Å². The minimum absolute atomic E-state index is 0.137. The van der Waals surface area contributed by atoms with Crippen molar-refractivity contribution < 1.29 is 9.13 Å². The van der Waals surface area contributed by atoms with Crippen molar-refractivity contribution in [2.75, 3.05) is 13.2 Å². The van der Waals surface area contributed by atoms with E-state index in [2.05, 4.69) is 18.7 Å². The van der Waals surface area contributed by atoms with Gasteiger partial charge in [0.2, 0.25) is 0 Å². The highest BCUT2D eigenvalue weighted by Gasteiger charge is 2.46. The lowest BCUT2D eigenvalue weighted by Crippen LogP contribution is -2.62. The number of rotatable bonds is 1. The molecule has 3 rings (SSSR count). The van der Waals surface area contributed by atoms with Crippen molar-refractivity contribution >= 4 is 0 Å². The van der Waals surface area contributed by atoms with Gasteiger partial charge in [0, 0.05) is 18.1 Å². The summed E-state index contributed by atoms with van der Waals surface area (Å²) < 4.78 is 18.5. The second-order valence-corrected chi connectivity index (χ2v) is 4.05. The predicted molar refractivity (Wildman–Crippen MR) is 44.9 cm³/mol. The average Bonchev–Trinajstić information content (AvgIpc) is 2.15. The molecule has 3 atom stereocenters. The maximum atomic E-state index is 13.3. The molecule has 12 heavy (non-hydrogen) atoms. The van der Waals surface area contributed by atoms with Gasteiger partial charge in [-0.2, -0.15) is 0 Å². The third-order valence-corrected chi connectivity index (χ3v) is 2.92. The molecule has 70 valence electrons. The Labute approximate surface area is 72.7 Å². The molecule has 0 unspecified atom stereocenters. The molecule has 0 aromatic heterocycles. The van der Waals surface area contributed by atoms with Gasteiger partial charge in [-0.25, -0.2) is 4.39 Å². The van der Waals surface area contributed by atoms with E-state index in [9.17, 15) is 4.39 Å². The van der Waals surface area contributed by atoms with E-state index in [1.165, 1.54) is 0 Å². The molecule has 0 spiro atoms. The lowest BCUT2D eigenvalue weighted by molar-refractivity contribution is -0.0380. The van der Waals surface area contributed by atoms with Gasteiger partial charge in [0.15, 0.2) is 0 Å². The molecule has 0 amide bonds. The standard InChI is InChI=1S/C9H16FNO/c1-6(2)11-7-3-9(11)8(10)5-12-4-7/h6-9H,3-5H2,1-2H3/t7-,8-,9+/m1/s1. The molecule has 0 aliphatic carbocycles. The highest BCUT2D eigenvalue weighted by Crippen LogP contribution is 2.34. The minimum Gasteiger partial charge on any atom is -0.377 e. The van der Waals surface area contributed by atoms with E-state index in [-0.39, 0.29) is 6.04 Å². The predicted octanol–water partition coefficient (Wildman–Crippen LogP) is 1.21. The van der Waals surface area contributed by atoms with Gasteiger partial charge >= 0.3 is 0 Å². The van der Waals surface area contributed by atoms with Crippen LogP contribution >= 0.6 is 0 Å². The largest absolute Gasteiger partial charge is 0.377 e. The van der Waals surface area contributed by atoms with Crippen molar-refractivity contribution in [2.24, 2.45) is 0 Å². The van der Waals surface area contributed by atoms with Gasteiger partial charge in [0.1, 0.15) is 6.17 Å². The lowest BCUT2D eigenvalue weighted by atomic mass is 9.89. The van der Waals surface area contributed by atoms with Crippen LogP contribution in [0.5, 0.6) is 0 Å². The molecule has 0 saturated carbocycles. The molecular weight excluding hydrogens is 157 g/mol. The Morgan fingerprint density at radius 3 is 2.83 bits per heavy atom. The molecule has 3 aliphatic rings. The Morgan fingerprint density at radius 1 is 1.42 bits per heavy atom. The van der Waals surface area contributed by atoms with Crippen LogP contribution in [0.3, 0.4) is 0 Å². The second-order valence-electron chi connectivity index (χ2n) is 4.05. The zero-order valence-corrected chi connectivity index (χ0v) is 7.66. The molecule has 0 aromatic carbocycles. The Hall–Kier alpha value is -0.150. The van der Waals surface area contributed by atoms with Gasteiger partial charge in [0.25, 0.3) is 0 Å². The van der Waals surface area contributed by atoms with Crippen LogP contribution in [0.15, 0.2) is 0 Å². The summed E-state index contributed by atoms with van der Waals surface area (Å²) in [6.07, 6.45) is 0.213. The number of hydrogen-bond donors (Lipinski definition) is 0. The second kappa shape index (κ2) is 2.96. The monoisotopic (exact) mass is 173 g/mol. The highest BCUT2D eigenvalue weighted by atomic mass is 19.1. The van der Waals surface area contributed by atoms with Crippen molar-refractivity contribution in [1.82, 2.24) is 4.90 Å². The number of hydrogen-bond acceptors (Lipinski definition) is 2. The van der Waals surface area contributed by atoms with E-state index in [0.29, 0.717) is 18.7 Å². The SMILES string of the molecule is CC(C)N1[C@H]2COC[C@@H](F)[C@@H]1C2. The number of fused-ring (bicyclic) bond motifs is 3. The van der Waals surface area contributed by atoms with E-state index < -0.39 is 6.17 Å². The molecule has 2 bridgehead atoms. The topological polar surface area (TPSA) is 12.5 Å². The summed E-state index contributed by atoms with van der Waals surface area (Å²) in [6.45, 7) is 5.26. The van der Waals surface area contributed by atoms with Crippen LogP contribution < -0.4 is 0 Å². The van der Waals surface area contributed by atoms with Crippen LogP contribution in [0.4, 0.5) is 4.39 Å². The lowest BCUT2D eigenvalue weighted by Gasteiger charge is -2.49. The van der Waals surface area contributed by atoms with Gasteiger partial charge < -0.3 is 4.74 Å². The molecule has 0 N–H and O–H groups in total. The first-order valence-corrected chi connectivity index (χ1v) is 4.69. The fraction of sp³-hybridized carbons (Fsp3) is 1.00. The molecule has 3 aliphatic heterocycles. The maximum absolute atomic E-state index is 13.3. The molecule has 3 heterocycles. The fourth-order valence-corrected chi connectivity index (χ4v) is 2.38. The van der Waals surface area contributed by atoms with Crippen molar-refractivity contribution in [2.45, 2.75) is 44.6 Å². The third kappa shape index (κ3) is 1.15. The van der Waals surface area contributed by atoms with Crippen molar-refractivity contribution in [1.29, 1.82) is 0 Å². The van der Waals surface area contributed by atoms with Crippen LogP contribution in [0.2, 0.25) is 0 Å². The van der Waals surface area contributed by atoms with E-state index in [4.69, 9.17) is 4.74 Å². The summed E-state index contributed by atoms with van der Waals surface area (Å²) in [7, 11) is 0. The first-order chi connectivity index (χ1) is 5.70. The molecule has 3 heteroatoms. The average molecular weight is 173 g/mol. The quantitative estimate of drug-likeness (QED) is 0.591.